The third-order valence-corrected chi connectivity index (χ3v) is 13.9. The molecule has 7 rings (SSSR count). The molecule has 1 saturated heterocycles. The number of ketones is 1. The fourth-order valence-electron chi connectivity index (χ4n) is 7.88. The zero-order chi connectivity index (χ0) is 57.7. The predicted molar refractivity (Wildman–Crippen MR) is 276 cm³/mol. The molecule has 3 aliphatic rings. The van der Waals surface area contributed by atoms with Crippen LogP contribution in [0.3, 0.4) is 0 Å². The normalized spacial score (nSPS) is 15.1. The molecule has 1 unspecified atom stereocenters. The fraction of sp³-hybridized carbons (Fsp3) is 0.440. The number of carboxylic acid groups (broad SMARTS) is 1. The Morgan fingerprint density at radius 1 is 1.04 bits per heavy atom. The van der Waals surface area contributed by atoms with Gasteiger partial charge in [0.2, 0.25) is 5.91 Å². The van der Waals surface area contributed by atoms with Crippen LogP contribution >= 0.6 is 30.8 Å². The molecule has 77 heavy (non-hydrogen) atoms. The van der Waals surface area contributed by atoms with Gasteiger partial charge in [-0.3, -0.25) is 29.1 Å². The number of nitrogens with one attached hydrogen (secondary N) is 1. The van der Waals surface area contributed by atoms with Crippen LogP contribution in [0, 0.1) is 12.7 Å². The smallest absolute Gasteiger partial charge is 0.427 e. The zero-order valence-electron chi connectivity index (χ0n) is 42.9. The second kappa shape index (κ2) is 27.7. The van der Waals surface area contributed by atoms with Crippen molar-refractivity contribution in [1.29, 1.82) is 0 Å². The lowest BCUT2D eigenvalue weighted by Crippen LogP contribution is -2.43. The van der Waals surface area contributed by atoms with Gasteiger partial charge in [0.1, 0.15) is 17.4 Å². The van der Waals surface area contributed by atoms with Crippen LogP contribution < -0.4 is 19.9 Å². The number of aryl methyl sites for hydroxylation is 2. The third kappa shape index (κ3) is 17.9. The topological polar surface area (TPSA) is 269 Å². The molecule has 0 radical (unpaired) electrons. The van der Waals surface area contributed by atoms with E-state index in [-0.39, 0.29) is 63.2 Å². The second-order valence-corrected chi connectivity index (χ2v) is 22.4. The molecule has 19 nitrogen and oxygen atoms in total. The molecule has 3 fully saturated rings. The van der Waals surface area contributed by atoms with E-state index in [0.717, 1.165) is 80.1 Å². The van der Waals surface area contributed by atoms with Crippen LogP contribution in [0.2, 0.25) is 5.02 Å². The lowest BCUT2D eigenvalue weighted by Gasteiger charge is -2.31. The molecular formula is C50H59Cl2F4N4O15PS. The monoisotopic (exact) mass is 1160 g/mol. The van der Waals surface area contributed by atoms with Gasteiger partial charge in [0.25, 0.3) is 0 Å². The second-order valence-electron chi connectivity index (χ2n) is 18.1. The number of methoxy groups -OCH3 is 1. The van der Waals surface area contributed by atoms with Crippen molar-refractivity contribution in [2.45, 2.75) is 109 Å². The Bertz CT molecular complexity index is 2990. The van der Waals surface area contributed by atoms with Crippen LogP contribution in [0.25, 0.3) is 0 Å². The Kier molecular flexibility index (Phi) is 23.0. The average Bonchev–Trinajstić information content (AvgIpc) is 3.67. The minimum Gasteiger partial charge on any atom is -0.489 e. The van der Waals surface area contributed by atoms with Crippen molar-refractivity contribution in [3.05, 3.63) is 110 Å². The number of ether oxygens (including phenoxy) is 3. The first kappa shape index (κ1) is 63.8. The van der Waals surface area contributed by atoms with Crippen LogP contribution in [-0.4, -0.2) is 109 Å². The lowest BCUT2D eigenvalue weighted by atomic mass is 10.0. The van der Waals surface area contributed by atoms with E-state index in [4.69, 9.17) is 56.8 Å². The molecule has 4 aromatic rings. The number of aromatic nitrogens is 1. The van der Waals surface area contributed by atoms with E-state index in [1.165, 1.54) is 12.3 Å². The maximum Gasteiger partial charge on any atom is 0.427 e. The number of para-hydroxylation sites is 1. The summed E-state index contributed by atoms with van der Waals surface area (Å²) in [5.74, 6) is -2.91. The number of cyclic esters (lactones) is 1. The van der Waals surface area contributed by atoms with Crippen molar-refractivity contribution in [3.63, 3.8) is 0 Å². The van der Waals surface area contributed by atoms with Gasteiger partial charge < -0.3 is 38.5 Å². The first-order valence-electron chi connectivity index (χ1n) is 23.7. The first-order chi connectivity index (χ1) is 35.9. The van der Waals surface area contributed by atoms with Crippen molar-refractivity contribution >= 4 is 81.7 Å². The minimum absolute atomic E-state index is 0.00962. The van der Waals surface area contributed by atoms with Crippen molar-refractivity contribution in [3.8, 4) is 5.75 Å². The predicted octanol–water partition coefficient (Wildman–Crippen LogP) is 9.74. The van der Waals surface area contributed by atoms with Crippen LogP contribution in [0.4, 0.5) is 33.7 Å². The zero-order valence-corrected chi connectivity index (χ0v) is 46.1. The highest BCUT2D eigenvalue weighted by molar-refractivity contribution is 7.90. The summed E-state index contributed by atoms with van der Waals surface area (Å²) in [6, 6.07) is 10.4. The Morgan fingerprint density at radius 3 is 2.21 bits per heavy atom. The molecule has 1 aliphatic heterocycles. The number of imide groups is 1. The van der Waals surface area contributed by atoms with Gasteiger partial charge in [0.05, 0.1) is 70.2 Å². The molecule has 2 heterocycles. The number of amides is 3. The Morgan fingerprint density at radius 2 is 1.69 bits per heavy atom. The van der Waals surface area contributed by atoms with E-state index in [2.05, 4.69) is 23.5 Å². The molecule has 3 aromatic carbocycles. The number of carbonyl (C=O) groups excluding carboxylic acids is 4. The SMILES string of the molecule is CC(C)=C1OC(=O)N(c2cc(OC3CCCC3)c(Cl)cc2F)C1=O.CCc1cccc(C)c1N(C(=O)CCl)C(C)COC.CS(=O)(=O)c1cc(C(F)(F)F)ccc1C(=O)c1cnoc1C1CC1.O=C(O)CNCP(=O)(O)O. The number of alkyl halides is 4. The summed E-state index contributed by atoms with van der Waals surface area (Å²) in [5.41, 5.74) is 2.15. The summed E-state index contributed by atoms with van der Waals surface area (Å²) in [5, 5.41) is 13.7. The highest BCUT2D eigenvalue weighted by Gasteiger charge is 2.41. The van der Waals surface area contributed by atoms with E-state index in [9.17, 15) is 54.5 Å². The van der Waals surface area contributed by atoms with Gasteiger partial charge in [-0.15, -0.1) is 11.6 Å². The molecule has 4 N–H and O–H groups in total. The summed E-state index contributed by atoms with van der Waals surface area (Å²) in [6.45, 7) is 9.39. The molecule has 3 amide bonds. The maximum absolute atomic E-state index is 14.3. The molecule has 1 aromatic heterocycles. The molecule has 0 bridgehead atoms. The lowest BCUT2D eigenvalue weighted by molar-refractivity contribution is -0.138. The number of sulfone groups is 1. The van der Waals surface area contributed by atoms with Gasteiger partial charge in [0, 0.05) is 30.9 Å². The minimum atomic E-state index is -4.71. The largest absolute Gasteiger partial charge is 0.489 e. The molecule has 0 spiro atoms. The van der Waals surface area contributed by atoms with Gasteiger partial charge in [-0.2, -0.15) is 13.2 Å². The van der Waals surface area contributed by atoms with Gasteiger partial charge in [-0.25, -0.2) is 22.5 Å². The molecule has 2 aliphatic carbocycles. The number of carboxylic acids is 1. The summed E-state index contributed by atoms with van der Waals surface area (Å²) in [7, 11) is -6.50. The first-order valence-corrected chi connectivity index (χ1v) is 28.3. The standard InChI is InChI=1S/C17H17ClFNO4.C15H22ClNO2.C15H12F3NO4S.C3H8NO5P/c1-9(2)15-16(21)20(17(22)24-15)13-8-14(11(18)7-12(13)19)23-10-5-3-4-6-10;1-5-13-8-6-7-11(2)15(13)17(14(18)9-16)12(3)10-19-4;1-24(21,22)12-6-9(15(16,17)18)4-5-10(12)13(20)11-7-19-23-14(11)8-2-3-8;5-3(6)1-4-2-10(7,8)9/h7-8,10H,3-6H2,1-2H3;6-8,12H,5,9-10H2,1-4H3;4-8H,2-3H2,1H3;4H,1-2H2,(H,5,6)(H2,7,8,9). The number of halogens is 6. The molecular weight excluding hydrogens is 1110 g/mol. The summed E-state index contributed by atoms with van der Waals surface area (Å²) in [6.07, 6.45) is 2.13. The Labute approximate surface area is 451 Å². The number of hydrogen-bond donors (Lipinski definition) is 4. The van der Waals surface area contributed by atoms with E-state index in [0.29, 0.717) is 35.0 Å². The number of rotatable bonds is 17. The number of aliphatic carboxylic acids is 1. The Balaban J connectivity index is 0.000000231. The van der Waals surface area contributed by atoms with E-state index in [1.54, 1.807) is 25.9 Å². The van der Waals surface area contributed by atoms with E-state index in [1.807, 2.05) is 26.0 Å². The van der Waals surface area contributed by atoms with E-state index >= 15 is 0 Å². The molecule has 422 valence electrons. The molecule has 27 heteroatoms. The highest BCUT2D eigenvalue weighted by Crippen LogP contribution is 2.43. The summed E-state index contributed by atoms with van der Waals surface area (Å²) >= 11 is 11.8. The molecule has 1 atom stereocenters. The summed E-state index contributed by atoms with van der Waals surface area (Å²) in [4.78, 5) is 77.1. The van der Waals surface area contributed by atoms with Crippen LogP contribution in [0.5, 0.6) is 5.75 Å². The van der Waals surface area contributed by atoms with E-state index < -0.39 is 76.5 Å². The van der Waals surface area contributed by atoms with Gasteiger partial charge in [-0.1, -0.05) is 41.9 Å². The van der Waals surface area contributed by atoms with Gasteiger partial charge in [-0.05, 0) is 114 Å². The maximum atomic E-state index is 14.3. The van der Waals surface area contributed by atoms with Crippen molar-refractivity contribution in [1.82, 2.24) is 10.5 Å². The quantitative estimate of drug-likeness (QED) is 0.0252. The Hall–Kier alpha value is -5.72. The summed E-state index contributed by atoms with van der Waals surface area (Å²) < 4.78 is 108. The van der Waals surface area contributed by atoms with Crippen molar-refractivity contribution in [2.75, 3.05) is 48.5 Å². The van der Waals surface area contributed by atoms with Crippen LogP contribution in [-0.2, 0) is 50.9 Å². The van der Waals surface area contributed by atoms with Gasteiger partial charge >= 0.3 is 31.7 Å². The third-order valence-electron chi connectivity index (χ3n) is 11.6. The fourth-order valence-corrected chi connectivity index (χ4v) is 9.51. The van der Waals surface area contributed by atoms with Crippen LogP contribution in [0.1, 0.15) is 111 Å². The van der Waals surface area contributed by atoms with Crippen molar-refractivity contribution in [2.24, 2.45) is 0 Å². The van der Waals surface area contributed by atoms with Gasteiger partial charge in [0.15, 0.2) is 27.1 Å². The van der Waals surface area contributed by atoms with Crippen molar-refractivity contribution < 1.29 is 88.1 Å². The molecule has 2 saturated carbocycles. The number of nitrogens with zero attached hydrogens (tertiary/aromatic N) is 3. The number of hydrogen-bond acceptors (Lipinski definition) is 14. The van der Waals surface area contributed by atoms with Crippen LogP contribution in [0.15, 0.2) is 75.5 Å². The number of allylic oxidation sites excluding steroid dienone is 1. The average molecular weight is 1170 g/mol. The number of carbonyl (C=O) groups is 5. The number of benzene rings is 3. The number of anilines is 2. The highest BCUT2D eigenvalue weighted by atomic mass is 35.5.